The molecule has 3 rings (SSSR count). The van der Waals surface area contributed by atoms with E-state index in [0.29, 0.717) is 23.6 Å². The van der Waals surface area contributed by atoms with Crippen molar-refractivity contribution in [3.8, 4) is 11.5 Å². The Labute approximate surface area is 131 Å². The number of ether oxygens (including phenoxy) is 2. The van der Waals surface area contributed by atoms with Gasteiger partial charge in [0.25, 0.3) is 5.91 Å². The van der Waals surface area contributed by atoms with Crippen molar-refractivity contribution < 1.29 is 14.3 Å². The highest BCUT2D eigenvalue weighted by Gasteiger charge is 2.38. The van der Waals surface area contributed by atoms with Crippen molar-refractivity contribution >= 4 is 5.91 Å². The summed E-state index contributed by atoms with van der Waals surface area (Å²) in [5, 5.41) is 3.43. The topological polar surface area (TPSA) is 50.8 Å². The molecule has 0 spiro atoms. The van der Waals surface area contributed by atoms with E-state index in [9.17, 15) is 4.79 Å². The molecule has 1 amide bonds. The summed E-state index contributed by atoms with van der Waals surface area (Å²) in [5.74, 6) is 1.39. The van der Waals surface area contributed by atoms with Crippen molar-refractivity contribution in [3.63, 3.8) is 0 Å². The molecule has 2 fully saturated rings. The summed E-state index contributed by atoms with van der Waals surface area (Å²) in [7, 11) is 3.21. The summed E-state index contributed by atoms with van der Waals surface area (Å²) in [6.07, 6.45) is 3.24. The summed E-state index contributed by atoms with van der Waals surface area (Å²) in [4.78, 5) is 15.2. The molecule has 120 valence electrons. The van der Waals surface area contributed by atoms with Gasteiger partial charge in [-0.2, -0.15) is 0 Å². The van der Waals surface area contributed by atoms with Gasteiger partial charge in [-0.15, -0.1) is 0 Å². The zero-order chi connectivity index (χ0) is 15.7. The molecule has 2 saturated heterocycles. The maximum absolute atomic E-state index is 13.1. The largest absolute Gasteiger partial charge is 0.493 e. The van der Waals surface area contributed by atoms with Crippen LogP contribution >= 0.6 is 0 Å². The average molecular weight is 304 g/mol. The van der Waals surface area contributed by atoms with E-state index in [-0.39, 0.29) is 5.91 Å². The molecule has 2 aliphatic heterocycles. The smallest absolute Gasteiger partial charge is 0.254 e. The van der Waals surface area contributed by atoms with E-state index in [1.54, 1.807) is 14.2 Å². The highest BCUT2D eigenvalue weighted by molar-refractivity contribution is 5.97. The highest BCUT2D eigenvalue weighted by atomic mass is 16.5. The van der Waals surface area contributed by atoms with Crippen molar-refractivity contribution in [2.75, 3.05) is 27.3 Å². The van der Waals surface area contributed by atoms with Crippen molar-refractivity contribution in [2.24, 2.45) is 0 Å². The lowest BCUT2D eigenvalue weighted by Gasteiger charge is -2.28. The molecule has 0 radical (unpaired) electrons. The molecule has 2 unspecified atom stereocenters. The third-order valence-corrected chi connectivity index (χ3v) is 4.85. The van der Waals surface area contributed by atoms with E-state index in [4.69, 9.17) is 9.47 Å². The van der Waals surface area contributed by atoms with Gasteiger partial charge in [0, 0.05) is 24.2 Å². The van der Waals surface area contributed by atoms with Crippen LogP contribution in [0, 0.1) is 6.92 Å². The van der Waals surface area contributed by atoms with Crippen molar-refractivity contribution in [3.05, 3.63) is 23.3 Å². The van der Waals surface area contributed by atoms with Crippen molar-refractivity contribution in [1.29, 1.82) is 0 Å². The molecular weight excluding hydrogens is 280 g/mol. The third kappa shape index (κ3) is 2.54. The Morgan fingerprint density at radius 1 is 1.14 bits per heavy atom. The maximum Gasteiger partial charge on any atom is 0.254 e. The average Bonchev–Trinajstić information content (AvgIpc) is 2.79. The maximum atomic E-state index is 13.1. The van der Waals surface area contributed by atoms with E-state index in [1.807, 2.05) is 19.1 Å². The fourth-order valence-electron chi connectivity index (χ4n) is 3.66. The fourth-order valence-corrected chi connectivity index (χ4v) is 3.66. The number of fused-ring (bicyclic) bond motifs is 2. The molecular formula is C17H24N2O3. The van der Waals surface area contributed by atoms with Crippen LogP contribution in [0.4, 0.5) is 0 Å². The summed E-state index contributed by atoms with van der Waals surface area (Å²) >= 11 is 0. The van der Waals surface area contributed by atoms with Crippen LogP contribution in [0.15, 0.2) is 12.1 Å². The van der Waals surface area contributed by atoms with Gasteiger partial charge in [0.15, 0.2) is 11.5 Å². The Kier molecular flexibility index (Phi) is 4.25. The number of hydrogen-bond donors (Lipinski definition) is 1. The first-order chi connectivity index (χ1) is 10.7. The molecule has 0 saturated carbocycles. The first-order valence-electron chi connectivity index (χ1n) is 7.91. The number of methoxy groups -OCH3 is 2. The Hall–Kier alpha value is -1.75. The number of nitrogens with zero attached hydrogens (tertiary/aromatic N) is 1. The zero-order valence-corrected chi connectivity index (χ0v) is 13.5. The Balaban J connectivity index is 1.95. The third-order valence-electron chi connectivity index (χ3n) is 4.85. The van der Waals surface area contributed by atoms with E-state index >= 15 is 0 Å². The molecule has 0 aromatic heterocycles. The Bertz CT molecular complexity index is 559. The van der Waals surface area contributed by atoms with Gasteiger partial charge in [-0.25, -0.2) is 0 Å². The molecule has 5 heteroatoms. The van der Waals surface area contributed by atoms with Crippen LogP contribution in [0.25, 0.3) is 0 Å². The minimum absolute atomic E-state index is 0.120. The van der Waals surface area contributed by atoms with Crippen molar-refractivity contribution in [2.45, 2.75) is 38.3 Å². The monoisotopic (exact) mass is 304 g/mol. The minimum Gasteiger partial charge on any atom is -0.493 e. The van der Waals surface area contributed by atoms with Gasteiger partial charge in [0.05, 0.1) is 14.2 Å². The van der Waals surface area contributed by atoms with Gasteiger partial charge in [0.1, 0.15) is 0 Å². The standard InChI is InChI=1S/C17H24N2O3/c1-11-8-15(21-2)16(22-3)9-14(11)17(20)19-12-4-5-13(19)10-18-7-6-12/h8-9,12-13,18H,4-7,10H2,1-3H3. The van der Waals surface area contributed by atoms with Crippen LogP contribution in [0.2, 0.25) is 0 Å². The molecule has 5 nitrogen and oxygen atoms in total. The molecule has 22 heavy (non-hydrogen) atoms. The molecule has 1 N–H and O–H groups in total. The lowest BCUT2D eigenvalue weighted by molar-refractivity contribution is 0.0679. The van der Waals surface area contributed by atoms with E-state index < -0.39 is 0 Å². The Morgan fingerprint density at radius 3 is 2.55 bits per heavy atom. The molecule has 2 heterocycles. The normalized spacial score (nSPS) is 24.0. The molecule has 2 aliphatic rings. The lowest BCUT2D eigenvalue weighted by atomic mass is 10.0. The van der Waals surface area contributed by atoms with E-state index in [2.05, 4.69) is 10.2 Å². The zero-order valence-electron chi connectivity index (χ0n) is 13.5. The second-order valence-corrected chi connectivity index (χ2v) is 6.11. The summed E-state index contributed by atoms with van der Waals surface area (Å²) in [6.45, 7) is 3.84. The predicted octanol–water partition coefficient (Wildman–Crippen LogP) is 1.98. The van der Waals surface area contributed by atoms with Crippen LogP contribution in [-0.4, -0.2) is 50.2 Å². The SMILES string of the molecule is COc1cc(C)c(C(=O)N2C3CCNCC2CC3)cc1OC. The van der Waals surface area contributed by atoms with Gasteiger partial charge in [-0.1, -0.05) is 0 Å². The number of benzene rings is 1. The predicted molar refractivity (Wildman–Crippen MR) is 84.7 cm³/mol. The number of rotatable bonds is 3. The van der Waals surface area contributed by atoms with Gasteiger partial charge in [-0.05, 0) is 50.4 Å². The molecule has 2 bridgehead atoms. The number of carbonyl (C=O) groups excluding carboxylic acids is 1. The first-order valence-corrected chi connectivity index (χ1v) is 7.91. The summed E-state index contributed by atoms with van der Waals surface area (Å²) in [5.41, 5.74) is 1.65. The van der Waals surface area contributed by atoms with Crippen LogP contribution in [-0.2, 0) is 0 Å². The minimum atomic E-state index is 0.120. The molecule has 0 aliphatic carbocycles. The highest BCUT2D eigenvalue weighted by Crippen LogP contribution is 2.34. The van der Waals surface area contributed by atoms with Crippen LogP contribution in [0.3, 0.4) is 0 Å². The van der Waals surface area contributed by atoms with Gasteiger partial charge < -0.3 is 19.7 Å². The second kappa shape index (κ2) is 6.16. The van der Waals surface area contributed by atoms with Crippen molar-refractivity contribution in [1.82, 2.24) is 10.2 Å². The Morgan fingerprint density at radius 2 is 1.82 bits per heavy atom. The van der Waals surface area contributed by atoms with E-state index in [1.165, 1.54) is 0 Å². The number of aryl methyl sites for hydroxylation is 1. The lowest BCUT2D eigenvalue weighted by Crippen LogP contribution is -2.42. The summed E-state index contributed by atoms with van der Waals surface area (Å²) in [6, 6.07) is 4.37. The van der Waals surface area contributed by atoms with Gasteiger partial charge in [0.2, 0.25) is 0 Å². The number of hydrogen-bond acceptors (Lipinski definition) is 4. The van der Waals surface area contributed by atoms with Crippen LogP contribution in [0.5, 0.6) is 11.5 Å². The van der Waals surface area contributed by atoms with Gasteiger partial charge in [-0.3, -0.25) is 4.79 Å². The first kappa shape index (κ1) is 15.2. The quantitative estimate of drug-likeness (QED) is 0.928. The van der Waals surface area contributed by atoms with E-state index in [0.717, 1.165) is 43.5 Å². The number of amides is 1. The summed E-state index contributed by atoms with van der Waals surface area (Å²) < 4.78 is 10.7. The molecule has 1 aromatic rings. The molecule has 2 atom stereocenters. The van der Waals surface area contributed by atoms with Crippen LogP contribution in [0.1, 0.15) is 35.2 Å². The molecule has 1 aromatic carbocycles. The number of nitrogens with one attached hydrogen (secondary N) is 1. The number of carbonyl (C=O) groups is 1. The van der Waals surface area contributed by atoms with Crippen LogP contribution < -0.4 is 14.8 Å². The fraction of sp³-hybridized carbons (Fsp3) is 0.588. The van der Waals surface area contributed by atoms with Gasteiger partial charge >= 0.3 is 0 Å². The second-order valence-electron chi connectivity index (χ2n) is 6.11.